The molecule has 2 fully saturated rings. The van der Waals surface area contributed by atoms with Crippen LogP contribution in [0, 0.1) is 11.8 Å². The largest absolute Gasteiger partial charge is 0.466 e. The van der Waals surface area contributed by atoms with Crippen LogP contribution in [0.1, 0.15) is 32.6 Å². The van der Waals surface area contributed by atoms with E-state index in [4.69, 9.17) is 4.74 Å². The molecule has 0 radical (unpaired) electrons. The van der Waals surface area contributed by atoms with E-state index in [9.17, 15) is 18.0 Å². The summed E-state index contributed by atoms with van der Waals surface area (Å²) in [6.07, 6.45) is 2.53. The van der Waals surface area contributed by atoms with Gasteiger partial charge in [-0.2, -0.15) is 4.31 Å². The van der Waals surface area contributed by atoms with Crippen molar-refractivity contribution in [2.75, 3.05) is 32.8 Å². The molecule has 7 nitrogen and oxygen atoms in total. The molecule has 1 aromatic carbocycles. The first-order valence-corrected chi connectivity index (χ1v) is 12.3. The van der Waals surface area contributed by atoms with Gasteiger partial charge in [-0.1, -0.05) is 15.9 Å². The molecule has 9 heteroatoms. The van der Waals surface area contributed by atoms with Crippen molar-refractivity contribution >= 4 is 37.8 Å². The molecule has 2 heterocycles. The van der Waals surface area contributed by atoms with Crippen molar-refractivity contribution in [1.29, 1.82) is 0 Å². The van der Waals surface area contributed by atoms with Crippen molar-refractivity contribution in [1.82, 2.24) is 9.21 Å². The maximum absolute atomic E-state index is 13.0. The van der Waals surface area contributed by atoms with Crippen molar-refractivity contribution in [3.63, 3.8) is 0 Å². The smallest absolute Gasteiger partial charge is 0.309 e. The maximum atomic E-state index is 13.0. The zero-order chi connectivity index (χ0) is 21.0. The van der Waals surface area contributed by atoms with Gasteiger partial charge in [-0.25, -0.2) is 8.42 Å². The molecule has 0 spiro atoms. The van der Waals surface area contributed by atoms with E-state index >= 15 is 0 Å². The van der Waals surface area contributed by atoms with Crippen molar-refractivity contribution in [2.24, 2.45) is 11.8 Å². The molecule has 0 bridgehead atoms. The Morgan fingerprint density at radius 1 is 1.07 bits per heavy atom. The molecule has 2 aliphatic rings. The fourth-order valence-corrected chi connectivity index (χ4v) is 5.76. The third kappa shape index (κ3) is 5.19. The van der Waals surface area contributed by atoms with E-state index in [-0.39, 0.29) is 35.2 Å². The van der Waals surface area contributed by atoms with Gasteiger partial charge in [0.25, 0.3) is 0 Å². The highest BCUT2D eigenvalue weighted by Crippen LogP contribution is 2.27. The lowest BCUT2D eigenvalue weighted by molar-refractivity contribution is -0.152. The molecule has 0 aromatic heterocycles. The summed E-state index contributed by atoms with van der Waals surface area (Å²) in [6.45, 7) is 3.80. The normalized spacial score (nSPS) is 21.7. The van der Waals surface area contributed by atoms with Crippen LogP contribution in [0.2, 0.25) is 0 Å². The summed E-state index contributed by atoms with van der Waals surface area (Å²) in [5.41, 5.74) is 0. The first kappa shape index (κ1) is 22.2. The number of benzene rings is 1. The second-order valence-electron chi connectivity index (χ2n) is 7.51. The number of nitrogens with zero attached hydrogens (tertiary/aromatic N) is 2. The number of piperidine rings is 2. The van der Waals surface area contributed by atoms with E-state index in [1.54, 1.807) is 36.1 Å². The highest BCUT2D eigenvalue weighted by molar-refractivity contribution is 9.10. The molecule has 1 atom stereocenters. The van der Waals surface area contributed by atoms with E-state index in [2.05, 4.69) is 15.9 Å². The van der Waals surface area contributed by atoms with Gasteiger partial charge < -0.3 is 9.64 Å². The molecule has 0 unspecified atom stereocenters. The predicted molar refractivity (Wildman–Crippen MR) is 112 cm³/mol. The molecule has 29 heavy (non-hydrogen) atoms. The van der Waals surface area contributed by atoms with Gasteiger partial charge in [0.2, 0.25) is 15.9 Å². The van der Waals surface area contributed by atoms with E-state index in [0.717, 1.165) is 4.47 Å². The quantitative estimate of drug-likeness (QED) is 0.597. The number of sulfonamides is 1. The highest BCUT2D eigenvalue weighted by atomic mass is 79.9. The van der Waals surface area contributed by atoms with Gasteiger partial charge >= 0.3 is 5.97 Å². The molecule has 1 aromatic rings. The Bertz CT molecular complexity index is 835. The summed E-state index contributed by atoms with van der Waals surface area (Å²) >= 11 is 3.32. The Balaban J connectivity index is 1.61. The lowest BCUT2D eigenvalue weighted by Gasteiger charge is -2.37. The summed E-state index contributed by atoms with van der Waals surface area (Å²) in [5, 5.41) is 0. The first-order valence-electron chi connectivity index (χ1n) is 10.0. The van der Waals surface area contributed by atoms with E-state index in [1.807, 2.05) is 0 Å². The summed E-state index contributed by atoms with van der Waals surface area (Å²) in [4.78, 5) is 26.9. The van der Waals surface area contributed by atoms with Crippen molar-refractivity contribution < 1.29 is 22.7 Å². The summed E-state index contributed by atoms with van der Waals surface area (Å²) < 4.78 is 33.2. The van der Waals surface area contributed by atoms with Crippen LogP contribution >= 0.6 is 15.9 Å². The lowest BCUT2D eigenvalue weighted by atomic mass is 9.93. The van der Waals surface area contributed by atoms with Crippen LogP contribution in [0.4, 0.5) is 0 Å². The number of hydrogen-bond acceptors (Lipinski definition) is 5. The van der Waals surface area contributed by atoms with Gasteiger partial charge in [0.1, 0.15) is 0 Å². The highest BCUT2D eigenvalue weighted by Gasteiger charge is 2.36. The third-order valence-corrected chi connectivity index (χ3v) is 8.02. The number of esters is 1. The second kappa shape index (κ2) is 9.57. The number of rotatable bonds is 5. The maximum Gasteiger partial charge on any atom is 0.309 e. The molecule has 0 N–H and O–H groups in total. The number of hydrogen-bond donors (Lipinski definition) is 0. The molecule has 2 aliphatic heterocycles. The zero-order valence-corrected chi connectivity index (χ0v) is 19.0. The van der Waals surface area contributed by atoms with Crippen LogP contribution in [0.5, 0.6) is 0 Å². The average molecular weight is 487 g/mol. The fourth-order valence-electron chi connectivity index (χ4n) is 3.97. The van der Waals surface area contributed by atoms with Crippen LogP contribution in [0.25, 0.3) is 0 Å². The Hall–Kier alpha value is -1.45. The molecular formula is C20H27BrN2O5S. The Morgan fingerprint density at radius 2 is 1.72 bits per heavy atom. The first-order chi connectivity index (χ1) is 13.8. The zero-order valence-electron chi connectivity index (χ0n) is 16.5. The number of likely N-dealkylation sites (tertiary alicyclic amines) is 1. The van der Waals surface area contributed by atoms with Crippen LogP contribution in [0.3, 0.4) is 0 Å². The number of ether oxygens (including phenoxy) is 1. The van der Waals surface area contributed by atoms with E-state index < -0.39 is 10.0 Å². The van der Waals surface area contributed by atoms with Gasteiger partial charge in [-0.05, 0) is 56.9 Å². The molecule has 1 amide bonds. The van der Waals surface area contributed by atoms with Gasteiger partial charge in [-0.15, -0.1) is 0 Å². The van der Waals surface area contributed by atoms with Crippen LogP contribution in [0.15, 0.2) is 33.6 Å². The van der Waals surface area contributed by atoms with Crippen molar-refractivity contribution in [2.45, 2.75) is 37.5 Å². The summed E-state index contributed by atoms with van der Waals surface area (Å²) in [6, 6.07) is 6.55. The molecule has 160 valence electrons. The SMILES string of the molecule is CCOC(=O)C1CCN(C(=O)[C@H]2CCCN(S(=O)(=O)c3ccc(Br)cc3)C2)CC1. The summed E-state index contributed by atoms with van der Waals surface area (Å²) in [5.74, 6) is -0.695. The number of carbonyl (C=O) groups is 2. The van der Waals surface area contributed by atoms with Crippen LogP contribution in [-0.4, -0.2) is 62.3 Å². The van der Waals surface area contributed by atoms with Crippen LogP contribution < -0.4 is 0 Å². The minimum atomic E-state index is -3.62. The van der Waals surface area contributed by atoms with Gasteiger partial charge in [0.15, 0.2) is 0 Å². The summed E-state index contributed by atoms with van der Waals surface area (Å²) in [7, 11) is -3.62. The third-order valence-electron chi connectivity index (χ3n) is 5.61. The van der Waals surface area contributed by atoms with Gasteiger partial charge in [-0.3, -0.25) is 9.59 Å². The minimum Gasteiger partial charge on any atom is -0.466 e. The van der Waals surface area contributed by atoms with Gasteiger partial charge in [0, 0.05) is 30.7 Å². The number of amides is 1. The topological polar surface area (TPSA) is 84.0 Å². The molecule has 2 saturated heterocycles. The fraction of sp³-hybridized carbons (Fsp3) is 0.600. The second-order valence-corrected chi connectivity index (χ2v) is 10.4. The Morgan fingerprint density at radius 3 is 2.34 bits per heavy atom. The number of carbonyl (C=O) groups excluding carboxylic acids is 2. The predicted octanol–water partition coefficient (Wildman–Crippen LogP) is 2.65. The monoisotopic (exact) mass is 486 g/mol. The van der Waals surface area contributed by atoms with Gasteiger partial charge in [0.05, 0.1) is 23.3 Å². The lowest BCUT2D eigenvalue weighted by Crippen LogP contribution is -2.49. The van der Waals surface area contributed by atoms with Crippen molar-refractivity contribution in [3.8, 4) is 0 Å². The minimum absolute atomic E-state index is 0.0111. The average Bonchev–Trinajstić information content (AvgIpc) is 2.74. The van der Waals surface area contributed by atoms with E-state index in [1.165, 1.54) is 4.31 Å². The van der Waals surface area contributed by atoms with Crippen molar-refractivity contribution in [3.05, 3.63) is 28.7 Å². The van der Waals surface area contributed by atoms with E-state index in [0.29, 0.717) is 51.9 Å². The number of halogens is 1. The Kier molecular flexibility index (Phi) is 7.34. The standard InChI is InChI=1S/C20H27BrN2O5S/c1-2-28-20(25)15-9-12-22(13-10-15)19(24)16-4-3-11-23(14-16)29(26,27)18-7-5-17(21)6-8-18/h5-8,15-16H,2-4,9-14H2,1H3/t16-/m0/s1. The molecule has 3 rings (SSSR count). The van der Waals surface area contributed by atoms with Crippen LogP contribution in [-0.2, 0) is 24.3 Å². The Labute approximate surface area is 180 Å². The molecular weight excluding hydrogens is 460 g/mol. The molecule has 0 aliphatic carbocycles. The molecule has 0 saturated carbocycles.